The van der Waals surface area contributed by atoms with Crippen molar-refractivity contribution >= 4 is 6.16 Å². The summed E-state index contributed by atoms with van der Waals surface area (Å²) in [5.41, 5.74) is 24.5. The Morgan fingerprint density at radius 1 is 0.673 bits per heavy atom. The highest BCUT2D eigenvalue weighted by Crippen LogP contribution is 2.30. The molecule has 2 saturated heterocycles. The molecule has 4 rings (SSSR count). The molecule has 19 heteroatoms. The molecule has 0 bridgehead atoms. The van der Waals surface area contributed by atoms with E-state index in [1.165, 1.54) is 0 Å². The maximum absolute atomic E-state index is 10.5. The summed E-state index contributed by atoms with van der Waals surface area (Å²) in [6.07, 6.45) is -1.12. The van der Waals surface area contributed by atoms with Crippen LogP contribution in [0.2, 0.25) is 0 Å². The average molecular weight is 755 g/mol. The van der Waals surface area contributed by atoms with Crippen LogP contribution in [0.5, 0.6) is 0 Å². The fourth-order valence-corrected chi connectivity index (χ4v) is 7.19. The van der Waals surface area contributed by atoms with Gasteiger partial charge in [-0.25, -0.2) is 4.79 Å². The standard InChI is InChI=1S/2C16H34N4O4.CH2O3/c2*1-4-20-8-9-5-6-10(17)16(23-9)24-15-13(19-2)12(22-3)7-11(18)14(15)21;2-1(3)4/h2*9-16,19-21H,4-8,17-18H2,1-3H3;(H2,2,3,4). The minimum Gasteiger partial charge on any atom is -0.450 e. The van der Waals surface area contributed by atoms with Crippen molar-refractivity contribution in [1.82, 2.24) is 21.3 Å². The highest BCUT2D eigenvalue weighted by Gasteiger charge is 2.47. The van der Waals surface area contributed by atoms with Gasteiger partial charge in [-0.2, -0.15) is 0 Å². The van der Waals surface area contributed by atoms with Crippen LogP contribution in [0, 0.1) is 0 Å². The first-order chi connectivity index (χ1) is 24.8. The number of carboxylic acid groups (broad SMARTS) is 2. The number of rotatable bonds is 14. The number of ether oxygens (including phenoxy) is 6. The summed E-state index contributed by atoms with van der Waals surface area (Å²) in [7, 11) is 6.94. The highest BCUT2D eigenvalue weighted by atomic mass is 16.7. The first kappa shape index (κ1) is 46.8. The monoisotopic (exact) mass is 755 g/mol. The summed E-state index contributed by atoms with van der Waals surface area (Å²) in [5, 5.41) is 47.9. The predicted octanol–water partition coefficient (Wildman–Crippen LogP) is -2.76. The summed E-state index contributed by atoms with van der Waals surface area (Å²) in [6.45, 7) is 7.45. The van der Waals surface area contributed by atoms with Crippen molar-refractivity contribution in [1.29, 1.82) is 0 Å². The van der Waals surface area contributed by atoms with E-state index in [4.69, 9.17) is 66.4 Å². The van der Waals surface area contributed by atoms with Crippen molar-refractivity contribution in [2.24, 2.45) is 22.9 Å². The lowest BCUT2D eigenvalue weighted by Crippen LogP contribution is -2.65. The van der Waals surface area contributed by atoms with Gasteiger partial charge in [0.15, 0.2) is 12.6 Å². The first-order valence-corrected chi connectivity index (χ1v) is 18.5. The lowest BCUT2D eigenvalue weighted by Gasteiger charge is -2.45. The van der Waals surface area contributed by atoms with Crippen molar-refractivity contribution in [3.05, 3.63) is 0 Å². The smallest absolute Gasteiger partial charge is 0.450 e. The molecule has 16 atom stereocenters. The number of aliphatic hydroxyl groups is 2. The predicted molar refractivity (Wildman–Crippen MR) is 194 cm³/mol. The van der Waals surface area contributed by atoms with Crippen molar-refractivity contribution in [3.8, 4) is 0 Å². The Morgan fingerprint density at radius 3 is 1.31 bits per heavy atom. The molecule has 16 unspecified atom stereocenters. The molecule has 2 heterocycles. The van der Waals surface area contributed by atoms with Crippen LogP contribution < -0.4 is 44.2 Å². The molecule has 0 aromatic carbocycles. The average Bonchev–Trinajstić information content (AvgIpc) is 3.12. The SMILES string of the molecule is CCNCC1CCC(N)C(OC2C(O)C(N)CC(OC)C2NC)O1.CCNCC1CCC(N)C(OC2C(O)C(N)CC(OC)C2NC)O1.O=C(O)O. The molecule has 0 amide bonds. The Bertz CT molecular complexity index is 907. The molecule has 52 heavy (non-hydrogen) atoms. The normalized spacial score (nSPS) is 40.8. The molecule has 0 aromatic heterocycles. The number of likely N-dealkylation sites (N-methyl/N-ethyl adjacent to an activating group) is 4. The Balaban J connectivity index is 0.000000327. The van der Waals surface area contributed by atoms with Gasteiger partial charge in [0.1, 0.15) is 12.2 Å². The third-order valence-corrected chi connectivity index (χ3v) is 10.2. The van der Waals surface area contributed by atoms with Crippen molar-refractivity contribution in [2.75, 3.05) is 54.5 Å². The zero-order chi connectivity index (χ0) is 39.0. The van der Waals surface area contributed by atoms with Crippen LogP contribution in [0.1, 0.15) is 52.4 Å². The van der Waals surface area contributed by atoms with Gasteiger partial charge in [-0.3, -0.25) is 0 Å². The maximum Gasteiger partial charge on any atom is 0.503 e. The second kappa shape index (κ2) is 24.2. The van der Waals surface area contributed by atoms with Crippen molar-refractivity contribution in [2.45, 2.75) is 150 Å². The molecule has 308 valence electrons. The van der Waals surface area contributed by atoms with Crippen LogP contribution in [-0.4, -0.2) is 179 Å². The number of methoxy groups -OCH3 is 2. The number of aliphatic hydroxyl groups excluding tert-OH is 2. The summed E-state index contributed by atoms with van der Waals surface area (Å²) < 4.78 is 35.3. The summed E-state index contributed by atoms with van der Waals surface area (Å²) in [5.74, 6) is 0. The third kappa shape index (κ3) is 14.0. The molecule has 2 aliphatic carbocycles. The highest BCUT2D eigenvalue weighted by molar-refractivity contribution is 5.53. The topological polar surface area (TPSA) is 306 Å². The van der Waals surface area contributed by atoms with E-state index in [0.29, 0.717) is 12.8 Å². The largest absolute Gasteiger partial charge is 0.503 e. The van der Waals surface area contributed by atoms with Gasteiger partial charge in [-0.15, -0.1) is 0 Å². The Labute approximate surface area is 308 Å². The molecular weight excluding hydrogens is 684 g/mol. The fraction of sp³-hybridized carbons (Fsp3) is 0.970. The van der Waals surface area contributed by atoms with Gasteiger partial charge in [-0.1, -0.05) is 13.8 Å². The quantitative estimate of drug-likeness (QED) is 0.0855. The van der Waals surface area contributed by atoms with Gasteiger partial charge in [0.2, 0.25) is 0 Å². The molecule has 0 spiro atoms. The number of hydrogen-bond acceptors (Lipinski definition) is 17. The second-order valence-corrected chi connectivity index (χ2v) is 13.8. The summed E-state index contributed by atoms with van der Waals surface area (Å²) in [4.78, 5) is 8.56. The molecule has 0 aromatic rings. The Kier molecular flexibility index (Phi) is 21.8. The van der Waals surface area contributed by atoms with Crippen LogP contribution in [0.15, 0.2) is 0 Å². The first-order valence-electron chi connectivity index (χ1n) is 18.5. The van der Waals surface area contributed by atoms with E-state index in [0.717, 1.165) is 51.9 Å². The van der Waals surface area contributed by atoms with Crippen LogP contribution in [0.4, 0.5) is 4.79 Å². The van der Waals surface area contributed by atoms with Gasteiger partial charge in [-0.05, 0) is 65.7 Å². The number of carbonyl (C=O) groups is 1. The van der Waals surface area contributed by atoms with E-state index in [9.17, 15) is 10.2 Å². The van der Waals surface area contributed by atoms with Crippen LogP contribution >= 0.6 is 0 Å². The third-order valence-electron chi connectivity index (χ3n) is 10.2. The lowest BCUT2D eigenvalue weighted by atomic mass is 9.84. The molecule has 2 saturated carbocycles. The molecule has 19 nitrogen and oxygen atoms in total. The fourth-order valence-electron chi connectivity index (χ4n) is 7.19. The van der Waals surface area contributed by atoms with E-state index in [-0.39, 0.29) is 48.6 Å². The number of nitrogens with one attached hydrogen (secondary N) is 4. The Morgan fingerprint density at radius 2 is 1.02 bits per heavy atom. The minimum absolute atomic E-state index is 0.0652. The van der Waals surface area contributed by atoms with Gasteiger partial charge in [0.05, 0.1) is 60.8 Å². The molecule has 2 aliphatic heterocycles. The summed E-state index contributed by atoms with van der Waals surface area (Å²) >= 11 is 0. The zero-order valence-electron chi connectivity index (χ0n) is 31.8. The van der Waals surface area contributed by atoms with Crippen LogP contribution in [0.25, 0.3) is 0 Å². The minimum atomic E-state index is -1.83. The molecule has 4 aliphatic rings. The van der Waals surface area contributed by atoms with E-state index in [2.05, 4.69) is 35.1 Å². The van der Waals surface area contributed by atoms with Crippen molar-refractivity contribution < 1.29 is 53.6 Å². The maximum atomic E-state index is 10.5. The number of hydrogen-bond donors (Lipinski definition) is 12. The Hall–Kier alpha value is -1.37. The van der Waals surface area contributed by atoms with Gasteiger partial charge in [0.25, 0.3) is 0 Å². The van der Waals surface area contributed by atoms with Crippen LogP contribution in [0.3, 0.4) is 0 Å². The van der Waals surface area contributed by atoms with E-state index >= 15 is 0 Å². The van der Waals surface area contributed by atoms with Gasteiger partial charge in [0, 0.05) is 39.4 Å². The van der Waals surface area contributed by atoms with E-state index < -0.39 is 55.2 Å². The van der Waals surface area contributed by atoms with Crippen molar-refractivity contribution in [3.63, 3.8) is 0 Å². The molecule has 4 fully saturated rings. The van der Waals surface area contributed by atoms with E-state index in [1.807, 2.05) is 14.1 Å². The van der Waals surface area contributed by atoms with Crippen LogP contribution in [-0.2, 0) is 28.4 Å². The molecule has 16 N–H and O–H groups in total. The van der Waals surface area contributed by atoms with Gasteiger partial charge >= 0.3 is 6.16 Å². The second-order valence-electron chi connectivity index (χ2n) is 13.8. The van der Waals surface area contributed by atoms with E-state index in [1.54, 1.807) is 14.2 Å². The molecular formula is C33H70N8O11. The number of nitrogens with two attached hydrogens (primary N) is 4. The lowest BCUT2D eigenvalue weighted by molar-refractivity contribution is -0.253. The van der Waals surface area contributed by atoms with Gasteiger partial charge < -0.3 is 93.0 Å². The molecule has 0 radical (unpaired) electrons. The zero-order valence-corrected chi connectivity index (χ0v) is 31.8. The summed E-state index contributed by atoms with van der Waals surface area (Å²) in [6, 6.07) is -1.58.